The molecule has 1 heterocycles. The first kappa shape index (κ1) is 13.4. The Hall–Kier alpha value is -1.61. The maximum atomic E-state index is 10.6. The molecule has 1 aliphatic carbocycles. The highest BCUT2D eigenvalue weighted by molar-refractivity contribution is 5.80. The van der Waals surface area contributed by atoms with Gasteiger partial charge in [0.1, 0.15) is 5.82 Å². The quantitative estimate of drug-likeness (QED) is 0.896. The van der Waals surface area contributed by atoms with Crippen molar-refractivity contribution < 1.29 is 5.11 Å². The molecule has 3 nitrogen and oxygen atoms in total. The van der Waals surface area contributed by atoms with Gasteiger partial charge in [0.2, 0.25) is 0 Å². The Bertz CT molecular complexity index is 598. The number of fused-ring (bicyclic) bond motifs is 1. The van der Waals surface area contributed by atoms with E-state index in [1.807, 2.05) is 24.3 Å². The third kappa shape index (κ3) is 2.93. The van der Waals surface area contributed by atoms with E-state index in [-0.39, 0.29) is 0 Å². The number of pyridine rings is 1. The summed E-state index contributed by atoms with van der Waals surface area (Å²) in [5, 5.41) is 15.1. The van der Waals surface area contributed by atoms with Crippen molar-refractivity contribution in [2.24, 2.45) is 5.92 Å². The summed E-state index contributed by atoms with van der Waals surface area (Å²) in [7, 11) is 0. The van der Waals surface area contributed by atoms with Crippen molar-refractivity contribution in [3.05, 3.63) is 36.4 Å². The zero-order chi connectivity index (χ0) is 14.0. The van der Waals surface area contributed by atoms with Crippen LogP contribution in [0.1, 0.15) is 32.6 Å². The fourth-order valence-electron chi connectivity index (χ4n) is 3.21. The number of hydrogen-bond acceptors (Lipinski definition) is 3. The summed E-state index contributed by atoms with van der Waals surface area (Å²) in [5.74, 6) is 1.45. The van der Waals surface area contributed by atoms with Crippen molar-refractivity contribution in [3.8, 4) is 0 Å². The zero-order valence-electron chi connectivity index (χ0n) is 12.0. The number of aliphatic hydroxyl groups is 1. The van der Waals surface area contributed by atoms with Gasteiger partial charge in [0, 0.05) is 11.9 Å². The summed E-state index contributed by atoms with van der Waals surface area (Å²) < 4.78 is 0. The molecule has 0 amide bonds. The molecular formula is C17H22N2O. The fourth-order valence-corrected chi connectivity index (χ4v) is 3.21. The molecule has 0 aliphatic heterocycles. The van der Waals surface area contributed by atoms with Crippen LogP contribution in [0.15, 0.2) is 36.4 Å². The smallest absolute Gasteiger partial charge is 0.126 e. The van der Waals surface area contributed by atoms with Crippen molar-refractivity contribution in [1.82, 2.24) is 4.98 Å². The summed E-state index contributed by atoms with van der Waals surface area (Å²) in [6, 6.07) is 12.1. The van der Waals surface area contributed by atoms with Crippen LogP contribution in [0.3, 0.4) is 0 Å². The minimum Gasteiger partial charge on any atom is -0.388 e. The van der Waals surface area contributed by atoms with Crippen molar-refractivity contribution in [1.29, 1.82) is 0 Å². The second kappa shape index (κ2) is 5.41. The largest absolute Gasteiger partial charge is 0.388 e. The highest BCUT2D eigenvalue weighted by Gasteiger charge is 2.32. The van der Waals surface area contributed by atoms with Crippen LogP contribution in [-0.2, 0) is 0 Å². The third-order valence-electron chi connectivity index (χ3n) is 4.26. The van der Waals surface area contributed by atoms with Crippen molar-refractivity contribution >= 4 is 16.7 Å². The molecule has 2 N–H and O–H groups in total. The van der Waals surface area contributed by atoms with Crippen LogP contribution in [0.5, 0.6) is 0 Å². The van der Waals surface area contributed by atoms with Gasteiger partial charge >= 0.3 is 0 Å². The van der Waals surface area contributed by atoms with E-state index in [0.29, 0.717) is 12.5 Å². The average Bonchev–Trinajstić information content (AvgIpc) is 2.45. The molecule has 2 atom stereocenters. The number of benzene rings is 1. The summed E-state index contributed by atoms with van der Waals surface area (Å²) in [5.41, 5.74) is 0.409. The standard InChI is InChI=1S/C17H22N2O/c1-13-5-4-10-17(20,11-13)12-18-16-9-8-14-6-2-3-7-15(14)19-16/h2-3,6-9,13,20H,4-5,10-12H2,1H3,(H,18,19). The maximum absolute atomic E-state index is 10.6. The summed E-state index contributed by atoms with van der Waals surface area (Å²) in [4.78, 5) is 4.59. The van der Waals surface area contributed by atoms with Gasteiger partial charge in [0.25, 0.3) is 0 Å². The fraction of sp³-hybridized carbons (Fsp3) is 0.471. The number of nitrogens with zero attached hydrogens (tertiary/aromatic N) is 1. The highest BCUT2D eigenvalue weighted by atomic mass is 16.3. The van der Waals surface area contributed by atoms with E-state index >= 15 is 0 Å². The van der Waals surface area contributed by atoms with Gasteiger partial charge in [0.15, 0.2) is 0 Å². The first-order chi connectivity index (χ1) is 9.65. The van der Waals surface area contributed by atoms with Crippen molar-refractivity contribution in [3.63, 3.8) is 0 Å². The number of hydrogen-bond donors (Lipinski definition) is 2. The molecule has 2 unspecified atom stereocenters. The van der Waals surface area contributed by atoms with Gasteiger partial charge in [-0.05, 0) is 37.0 Å². The Kier molecular flexibility index (Phi) is 3.62. The molecule has 0 radical (unpaired) electrons. The van der Waals surface area contributed by atoms with E-state index in [9.17, 15) is 5.11 Å². The van der Waals surface area contributed by atoms with E-state index in [1.165, 1.54) is 6.42 Å². The second-order valence-electron chi connectivity index (χ2n) is 6.17. The molecule has 3 rings (SSSR count). The molecule has 1 saturated carbocycles. The molecule has 0 spiro atoms. The lowest BCUT2D eigenvalue weighted by atomic mass is 9.79. The van der Waals surface area contributed by atoms with E-state index in [1.54, 1.807) is 0 Å². The Morgan fingerprint density at radius 1 is 1.30 bits per heavy atom. The predicted molar refractivity (Wildman–Crippen MR) is 82.8 cm³/mol. The summed E-state index contributed by atoms with van der Waals surface area (Å²) >= 11 is 0. The SMILES string of the molecule is CC1CCCC(O)(CNc2ccc3ccccc3n2)C1. The molecule has 0 bridgehead atoms. The van der Waals surface area contributed by atoms with Gasteiger partial charge < -0.3 is 10.4 Å². The van der Waals surface area contributed by atoms with Crippen LogP contribution < -0.4 is 5.32 Å². The molecule has 1 fully saturated rings. The lowest BCUT2D eigenvalue weighted by Crippen LogP contribution is -2.41. The van der Waals surface area contributed by atoms with E-state index < -0.39 is 5.60 Å². The first-order valence-corrected chi connectivity index (χ1v) is 7.47. The highest BCUT2D eigenvalue weighted by Crippen LogP contribution is 2.32. The minimum absolute atomic E-state index is 0.578. The summed E-state index contributed by atoms with van der Waals surface area (Å²) in [6.07, 6.45) is 4.12. The van der Waals surface area contributed by atoms with Crippen LogP contribution in [0.25, 0.3) is 10.9 Å². The Balaban J connectivity index is 1.70. The maximum Gasteiger partial charge on any atom is 0.126 e. The van der Waals surface area contributed by atoms with Crippen LogP contribution in [0.2, 0.25) is 0 Å². The molecule has 1 aliphatic rings. The molecule has 106 valence electrons. The Morgan fingerprint density at radius 2 is 2.15 bits per heavy atom. The number of nitrogens with one attached hydrogen (secondary N) is 1. The number of rotatable bonds is 3. The van der Waals surface area contributed by atoms with Crippen LogP contribution >= 0.6 is 0 Å². The molecule has 3 heteroatoms. The first-order valence-electron chi connectivity index (χ1n) is 7.47. The predicted octanol–water partition coefficient (Wildman–Crippen LogP) is 3.59. The van der Waals surface area contributed by atoms with Crippen LogP contribution in [0.4, 0.5) is 5.82 Å². The van der Waals surface area contributed by atoms with E-state index in [2.05, 4.69) is 29.4 Å². The van der Waals surface area contributed by atoms with Gasteiger partial charge in [-0.3, -0.25) is 0 Å². The van der Waals surface area contributed by atoms with Gasteiger partial charge in [-0.15, -0.1) is 0 Å². The van der Waals surface area contributed by atoms with Crippen LogP contribution in [0, 0.1) is 5.92 Å². The van der Waals surface area contributed by atoms with Crippen LogP contribution in [-0.4, -0.2) is 22.2 Å². The Labute approximate surface area is 120 Å². The monoisotopic (exact) mass is 270 g/mol. The van der Waals surface area contributed by atoms with E-state index in [0.717, 1.165) is 36.0 Å². The lowest BCUT2D eigenvalue weighted by molar-refractivity contribution is -0.000821. The van der Waals surface area contributed by atoms with Gasteiger partial charge in [-0.25, -0.2) is 4.98 Å². The normalized spacial score (nSPS) is 26.6. The van der Waals surface area contributed by atoms with E-state index in [4.69, 9.17) is 0 Å². The number of para-hydroxylation sites is 1. The summed E-state index contributed by atoms with van der Waals surface area (Å²) in [6.45, 7) is 2.81. The molecule has 20 heavy (non-hydrogen) atoms. The molecule has 1 aromatic carbocycles. The van der Waals surface area contributed by atoms with Crippen molar-refractivity contribution in [2.45, 2.75) is 38.2 Å². The average molecular weight is 270 g/mol. The lowest BCUT2D eigenvalue weighted by Gasteiger charge is -2.35. The zero-order valence-corrected chi connectivity index (χ0v) is 12.0. The third-order valence-corrected chi connectivity index (χ3v) is 4.26. The second-order valence-corrected chi connectivity index (χ2v) is 6.17. The molecule has 2 aromatic rings. The molecule has 1 aromatic heterocycles. The minimum atomic E-state index is -0.578. The van der Waals surface area contributed by atoms with Gasteiger partial charge in [-0.1, -0.05) is 38.0 Å². The topological polar surface area (TPSA) is 45.1 Å². The van der Waals surface area contributed by atoms with Gasteiger partial charge in [0.05, 0.1) is 11.1 Å². The number of anilines is 1. The van der Waals surface area contributed by atoms with Crippen molar-refractivity contribution in [2.75, 3.05) is 11.9 Å². The Morgan fingerprint density at radius 3 is 3.00 bits per heavy atom. The molecular weight excluding hydrogens is 248 g/mol. The molecule has 0 saturated heterocycles. The number of aromatic nitrogens is 1. The van der Waals surface area contributed by atoms with Gasteiger partial charge in [-0.2, -0.15) is 0 Å².